The van der Waals surface area contributed by atoms with E-state index in [0.717, 1.165) is 0 Å². The topological polar surface area (TPSA) is 58.2 Å². The Balaban J connectivity index is 1.70. The van der Waals surface area contributed by atoms with Crippen molar-refractivity contribution in [2.45, 2.75) is 25.7 Å². The van der Waals surface area contributed by atoms with Crippen LogP contribution in [0.3, 0.4) is 0 Å². The molecule has 0 saturated carbocycles. The summed E-state index contributed by atoms with van der Waals surface area (Å²) in [5, 5.41) is 4.98. The van der Waals surface area contributed by atoms with E-state index in [1.54, 1.807) is 12.1 Å². The van der Waals surface area contributed by atoms with E-state index in [4.69, 9.17) is 0 Å². The Kier molecular flexibility index (Phi) is 7.71. The van der Waals surface area contributed by atoms with Crippen molar-refractivity contribution >= 4 is 55.0 Å². The van der Waals surface area contributed by atoms with Crippen molar-refractivity contribution in [3.8, 4) is 0 Å². The summed E-state index contributed by atoms with van der Waals surface area (Å²) in [5.74, 6) is -1.71. The summed E-state index contributed by atoms with van der Waals surface area (Å²) in [4.78, 5) is 23.6. The van der Waals surface area contributed by atoms with Gasteiger partial charge in [0.05, 0.1) is 11.4 Å². The van der Waals surface area contributed by atoms with Gasteiger partial charge < -0.3 is 10.6 Å². The van der Waals surface area contributed by atoms with Gasteiger partial charge in [-0.1, -0.05) is 31.9 Å². The molecule has 0 aliphatic rings. The fourth-order valence-electron chi connectivity index (χ4n) is 2.18. The van der Waals surface area contributed by atoms with Gasteiger partial charge in [-0.05, 0) is 49.2 Å². The average Bonchev–Trinajstić information content (AvgIpc) is 2.57. The van der Waals surface area contributed by atoms with E-state index < -0.39 is 11.6 Å². The summed E-state index contributed by atoms with van der Waals surface area (Å²) in [7, 11) is 0. The molecule has 0 aromatic heterocycles. The van der Waals surface area contributed by atoms with Crippen molar-refractivity contribution in [3.63, 3.8) is 0 Å². The number of rotatable bonds is 7. The van der Waals surface area contributed by atoms with E-state index in [2.05, 4.69) is 42.5 Å². The van der Waals surface area contributed by atoms with Crippen LogP contribution in [0.1, 0.15) is 25.7 Å². The Hall–Kier alpha value is -1.80. The smallest absolute Gasteiger partial charge is 0.224 e. The number of anilines is 2. The van der Waals surface area contributed by atoms with Crippen LogP contribution in [0.25, 0.3) is 0 Å². The lowest BCUT2D eigenvalue weighted by atomic mass is 10.1. The number of carbonyl (C=O) groups excluding carboxylic acids is 2. The van der Waals surface area contributed by atoms with Crippen LogP contribution in [-0.2, 0) is 9.59 Å². The molecular weight excluding hydrogens is 474 g/mol. The highest BCUT2D eigenvalue weighted by molar-refractivity contribution is 9.10. The minimum atomic E-state index is -0.524. The van der Waals surface area contributed by atoms with Crippen LogP contribution >= 0.6 is 31.9 Å². The Bertz CT molecular complexity index is 748. The van der Waals surface area contributed by atoms with Gasteiger partial charge in [-0.25, -0.2) is 8.78 Å². The molecule has 0 aliphatic heterocycles. The van der Waals surface area contributed by atoms with Gasteiger partial charge in [0.2, 0.25) is 11.8 Å². The number of halogens is 4. The van der Waals surface area contributed by atoms with Gasteiger partial charge in [-0.2, -0.15) is 0 Å². The number of unbranched alkanes of at least 4 members (excludes halogenated alkanes) is 1. The first-order chi connectivity index (χ1) is 12.3. The van der Waals surface area contributed by atoms with E-state index >= 15 is 0 Å². The third-order valence-electron chi connectivity index (χ3n) is 3.47. The summed E-state index contributed by atoms with van der Waals surface area (Å²) in [6.45, 7) is 0. The van der Waals surface area contributed by atoms with E-state index in [-0.39, 0.29) is 36.0 Å². The average molecular weight is 490 g/mol. The van der Waals surface area contributed by atoms with Crippen molar-refractivity contribution < 1.29 is 18.4 Å². The Morgan fingerprint density at radius 3 is 1.50 bits per heavy atom. The number of amides is 2. The fourth-order valence-corrected chi connectivity index (χ4v) is 2.84. The van der Waals surface area contributed by atoms with Gasteiger partial charge in [-0.15, -0.1) is 0 Å². The molecular formula is C18H16Br2F2N2O2. The summed E-state index contributed by atoms with van der Waals surface area (Å²) >= 11 is 6.28. The molecule has 0 heterocycles. The fraction of sp³-hybridized carbons (Fsp3) is 0.222. The molecule has 138 valence electrons. The van der Waals surface area contributed by atoms with Crippen molar-refractivity contribution in [1.82, 2.24) is 0 Å². The molecule has 2 amide bonds. The molecule has 26 heavy (non-hydrogen) atoms. The molecule has 4 nitrogen and oxygen atoms in total. The molecule has 8 heteroatoms. The number of carbonyl (C=O) groups is 2. The zero-order valence-corrected chi connectivity index (χ0v) is 16.8. The second-order valence-corrected chi connectivity index (χ2v) is 7.38. The highest BCUT2D eigenvalue weighted by atomic mass is 79.9. The normalized spacial score (nSPS) is 10.5. The van der Waals surface area contributed by atoms with Gasteiger partial charge in [0, 0.05) is 21.8 Å². The zero-order chi connectivity index (χ0) is 19.1. The first kappa shape index (κ1) is 20.5. The summed E-state index contributed by atoms with van der Waals surface area (Å²) in [5.41, 5.74) is 0.225. The number of hydrogen-bond donors (Lipinski definition) is 2. The van der Waals surface area contributed by atoms with Gasteiger partial charge in [0.1, 0.15) is 11.6 Å². The minimum Gasteiger partial charge on any atom is -0.324 e. The molecule has 0 bridgehead atoms. The molecule has 0 atom stereocenters. The third kappa shape index (κ3) is 6.49. The van der Waals surface area contributed by atoms with Crippen LogP contribution in [-0.4, -0.2) is 11.8 Å². The molecule has 0 radical (unpaired) electrons. The van der Waals surface area contributed by atoms with Gasteiger partial charge in [0.25, 0.3) is 0 Å². The van der Waals surface area contributed by atoms with Gasteiger partial charge in [0.15, 0.2) is 0 Å². The standard InChI is InChI=1S/C18H16Br2F2N2O2/c19-11-5-7-15(13(21)9-11)23-17(25)3-1-2-4-18(26)24-16-8-6-12(20)10-14(16)22/h5-10H,1-4H2,(H,23,25)(H,24,26). The minimum absolute atomic E-state index is 0.113. The summed E-state index contributed by atoms with van der Waals surface area (Å²) in [6.07, 6.45) is 1.24. The maximum atomic E-state index is 13.6. The Labute approximate surface area is 166 Å². The molecule has 0 spiro atoms. The lowest BCUT2D eigenvalue weighted by Gasteiger charge is -2.08. The van der Waals surface area contributed by atoms with Crippen molar-refractivity contribution in [2.75, 3.05) is 10.6 Å². The molecule has 0 unspecified atom stereocenters. The molecule has 0 saturated heterocycles. The number of hydrogen-bond acceptors (Lipinski definition) is 2. The molecule has 2 aromatic carbocycles. The van der Waals surface area contributed by atoms with Gasteiger partial charge >= 0.3 is 0 Å². The molecule has 0 aliphatic carbocycles. The lowest BCUT2D eigenvalue weighted by molar-refractivity contribution is -0.118. The van der Waals surface area contributed by atoms with E-state index in [1.165, 1.54) is 24.3 Å². The zero-order valence-electron chi connectivity index (χ0n) is 13.6. The molecule has 2 N–H and O–H groups in total. The third-order valence-corrected chi connectivity index (χ3v) is 4.45. The van der Waals surface area contributed by atoms with E-state index in [9.17, 15) is 18.4 Å². The second-order valence-electron chi connectivity index (χ2n) is 5.55. The highest BCUT2D eigenvalue weighted by Gasteiger charge is 2.10. The highest BCUT2D eigenvalue weighted by Crippen LogP contribution is 2.21. The van der Waals surface area contributed by atoms with E-state index in [0.29, 0.717) is 21.8 Å². The summed E-state index contributed by atoms with van der Waals surface area (Å²) in [6, 6.07) is 8.73. The van der Waals surface area contributed by atoms with Crippen LogP contribution < -0.4 is 10.6 Å². The predicted molar refractivity (Wildman–Crippen MR) is 104 cm³/mol. The molecule has 2 rings (SSSR count). The predicted octanol–water partition coefficient (Wildman–Crippen LogP) is 5.63. The molecule has 0 fully saturated rings. The van der Waals surface area contributed by atoms with Crippen LogP contribution in [0, 0.1) is 11.6 Å². The van der Waals surface area contributed by atoms with Gasteiger partial charge in [-0.3, -0.25) is 9.59 Å². The van der Waals surface area contributed by atoms with Crippen molar-refractivity contribution in [1.29, 1.82) is 0 Å². The number of benzene rings is 2. The van der Waals surface area contributed by atoms with Crippen molar-refractivity contribution in [2.24, 2.45) is 0 Å². The van der Waals surface area contributed by atoms with Crippen LogP contribution in [0.5, 0.6) is 0 Å². The maximum Gasteiger partial charge on any atom is 0.224 e. The largest absolute Gasteiger partial charge is 0.324 e. The van der Waals surface area contributed by atoms with Crippen LogP contribution in [0.15, 0.2) is 45.3 Å². The summed E-state index contributed by atoms with van der Waals surface area (Å²) < 4.78 is 28.4. The van der Waals surface area contributed by atoms with E-state index in [1.807, 2.05) is 0 Å². The lowest BCUT2D eigenvalue weighted by Crippen LogP contribution is -2.14. The van der Waals surface area contributed by atoms with Crippen LogP contribution in [0.2, 0.25) is 0 Å². The first-order valence-electron chi connectivity index (χ1n) is 7.85. The molecule has 2 aromatic rings. The number of nitrogens with one attached hydrogen (secondary N) is 2. The maximum absolute atomic E-state index is 13.6. The van der Waals surface area contributed by atoms with Crippen molar-refractivity contribution in [3.05, 3.63) is 57.0 Å². The SMILES string of the molecule is O=C(CCCCC(=O)Nc1ccc(Br)cc1F)Nc1ccc(Br)cc1F. The quantitative estimate of drug-likeness (QED) is 0.495. The monoisotopic (exact) mass is 488 g/mol. The Morgan fingerprint density at radius 1 is 0.769 bits per heavy atom. The first-order valence-corrected chi connectivity index (χ1v) is 9.43. The Morgan fingerprint density at radius 2 is 1.15 bits per heavy atom. The van der Waals surface area contributed by atoms with Crippen LogP contribution in [0.4, 0.5) is 20.2 Å². The second kappa shape index (κ2) is 9.78.